The second-order valence-corrected chi connectivity index (χ2v) is 6.27. The zero-order valence-electron chi connectivity index (χ0n) is 12.8. The van der Waals surface area contributed by atoms with E-state index in [-0.39, 0.29) is 0 Å². The summed E-state index contributed by atoms with van der Waals surface area (Å²) >= 11 is 1.72. The summed E-state index contributed by atoms with van der Waals surface area (Å²) < 4.78 is 0. The number of allylic oxidation sites excluding steroid dienone is 1. The first kappa shape index (κ1) is 14.9. The number of hydrogen-bond acceptors (Lipinski definition) is 3. The van der Waals surface area contributed by atoms with Crippen LogP contribution in [0, 0.1) is 0 Å². The Labute approximate surface area is 136 Å². The summed E-state index contributed by atoms with van der Waals surface area (Å²) in [6.45, 7) is 2.23. The van der Waals surface area contributed by atoms with Gasteiger partial charge in [0, 0.05) is 16.2 Å². The summed E-state index contributed by atoms with van der Waals surface area (Å²) in [7, 11) is 0. The predicted octanol–water partition coefficient (Wildman–Crippen LogP) is 6.06. The van der Waals surface area contributed by atoms with E-state index in [1.54, 1.807) is 11.8 Å². The van der Waals surface area contributed by atoms with Crippen molar-refractivity contribution in [3.63, 3.8) is 0 Å². The van der Waals surface area contributed by atoms with Gasteiger partial charge in [0.25, 0.3) is 0 Å². The average molecular weight is 308 g/mol. The van der Waals surface area contributed by atoms with Gasteiger partial charge in [0.2, 0.25) is 0 Å². The highest BCUT2D eigenvalue weighted by Gasteiger charge is 2.17. The molecule has 1 N–H and O–H groups in total. The molecule has 0 unspecified atom stereocenters. The minimum atomic E-state index is 0.938. The zero-order chi connectivity index (χ0) is 15.2. The number of thioether (sulfide) groups is 1. The maximum atomic E-state index is 4.75. The molecule has 22 heavy (non-hydrogen) atoms. The molecule has 1 heterocycles. The number of rotatable bonds is 4. The maximum absolute atomic E-state index is 4.75. The predicted molar refractivity (Wildman–Crippen MR) is 98.7 cm³/mol. The van der Waals surface area contributed by atoms with Gasteiger partial charge < -0.3 is 5.32 Å². The van der Waals surface area contributed by atoms with Gasteiger partial charge in [-0.2, -0.15) is 0 Å². The van der Waals surface area contributed by atoms with E-state index < -0.39 is 0 Å². The topological polar surface area (TPSA) is 24.4 Å². The van der Waals surface area contributed by atoms with Gasteiger partial charge in [-0.05, 0) is 24.6 Å². The molecule has 0 saturated heterocycles. The molecule has 2 aromatic carbocycles. The second-order valence-electron chi connectivity index (χ2n) is 5.24. The molecule has 0 radical (unpaired) electrons. The highest BCUT2D eigenvalue weighted by Crippen LogP contribution is 2.40. The van der Waals surface area contributed by atoms with Crippen molar-refractivity contribution in [2.75, 3.05) is 5.32 Å². The fourth-order valence-electron chi connectivity index (χ4n) is 2.36. The molecule has 1 aliphatic rings. The van der Waals surface area contributed by atoms with Crippen molar-refractivity contribution in [1.82, 2.24) is 0 Å². The van der Waals surface area contributed by atoms with E-state index in [9.17, 15) is 0 Å². The zero-order valence-corrected chi connectivity index (χ0v) is 13.6. The van der Waals surface area contributed by atoms with Gasteiger partial charge in [0.1, 0.15) is 0 Å². The lowest BCUT2D eigenvalue weighted by atomic mass is 10.1. The molecule has 3 heteroatoms. The number of aliphatic imine (C=N–C) groups is 1. The number of fused-ring (bicyclic) bond motifs is 1. The molecule has 0 aromatic heterocycles. The summed E-state index contributed by atoms with van der Waals surface area (Å²) in [5, 5.41) is 4.35. The van der Waals surface area contributed by atoms with Crippen LogP contribution in [0.2, 0.25) is 0 Å². The second kappa shape index (κ2) is 7.32. The van der Waals surface area contributed by atoms with E-state index in [1.165, 1.54) is 23.3 Å². The van der Waals surface area contributed by atoms with E-state index in [0.717, 1.165) is 23.0 Å². The van der Waals surface area contributed by atoms with Crippen LogP contribution in [-0.4, -0.2) is 5.17 Å². The minimum absolute atomic E-state index is 0.938. The van der Waals surface area contributed by atoms with Crippen molar-refractivity contribution >= 4 is 33.2 Å². The first-order valence-electron chi connectivity index (χ1n) is 7.75. The number of hydrogen-bond donors (Lipinski definition) is 1. The molecule has 3 rings (SSSR count). The number of amidine groups is 1. The van der Waals surface area contributed by atoms with Crippen molar-refractivity contribution in [1.29, 1.82) is 0 Å². The Morgan fingerprint density at radius 3 is 2.64 bits per heavy atom. The number of nitrogens with one attached hydrogen (secondary N) is 1. The van der Waals surface area contributed by atoms with Gasteiger partial charge in [-0.25, -0.2) is 4.99 Å². The van der Waals surface area contributed by atoms with E-state index >= 15 is 0 Å². The highest BCUT2D eigenvalue weighted by atomic mass is 32.2. The van der Waals surface area contributed by atoms with Crippen molar-refractivity contribution in [3.8, 4) is 0 Å². The Morgan fingerprint density at radius 1 is 1.05 bits per heavy atom. The van der Waals surface area contributed by atoms with Crippen LogP contribution in [0.25, 0.3) is 4.91 Å². The van der Waals surface area contributed by atoms with Crippen LogP contribution in [0.1, 0.15) is 31.7 Å². The Kier molecular flexibility index (Phi) is 4.96. The SMILES string of the molecule is CCCC/C=C1/SC(Nc2ccccc2)=Nc2ccccc21. The number of benzene rings is 2. The Hall–Kier alpha value is -2.00. The molecule has 0 saturated carbocycles. The molecular formula is C19H20N2S. The molecular weight excluding hydrogens is 288 g/mol. The first-order chi connectivity index (χ1) is 10.9. The van der Waals surface area contributed by atoms with Crippen LogP contribution >= 0.6 is 11.8 Å². The Balaban J connectivity index is 1.87. The normalized spacial score (nSPS) is 15.3. The van der Waals surface area contributed by atoms with Crippen molar-refractivity contribution in [2.45, 2.75) is 26.2 Å². The number of para-hydroxylation sites is 2. The van der Waals surface area contributed by atoms with Gasteiger partial charge in [-0.3, -0.25) is 0 Å². The number of unbranched alkanes of at least 4 members (excludes halogenated alkanes) is 2. The van der Waals surface area contributed by atoms with Crippen molar-refractivity contribution in [3.05, 3.63) is 66.2 Å². The smallest absolute Gasteiger partial charge is 0.171 e. The molecule has 2 aromatic rings. The fraction of sp³-hybridized carbons (Fsp3) is 0.211. The van der Waals surface area contributed by atoms with Crippen LogP contribution < -0.4 is 5.32 Å². The van der Waals surface area contributed by atoms with Crippen LogP contribution in [-0.2, 0) is 0 Å². The third-order valence-corrected chi connectivity index (χ3v) is 4.50. The van der Waals surface area contributed by atoms with E-state index in [4.69, 9.17) is 4.99 Å². The van der Waals surface area contributed by atoms with Crippen LogP contribution in [0.5, 0.6) is 0 Å². The van der Waals surface area contributed by atoms with Crippen LogP contribution in [0.4, 0.5) is 11.4 Å². The van der Waals surface area contributed by atoms with Gasteiger partial charge in [0.05, 0.1) is 5.69 Å². The largest absolute Gasteiger partial charge is 0.334 e. The van der Waals surface area contributed by atoms with Gasteiger partial charge in [-0.1, -0.05) is 74.0 Å². The molecule has 0 atom stereocenters. The van der Waals surface area contributed by atoms with Gasteiger partial charge in [-0.15, -0.1) is 0 Å². The Bertz CT molecular complexity index is 690. The summed E-state index contributed by atoms with van der Waals surface area (Å²) in [5.41, 5.74) is 3.35. The average Bonchev–Trinajstić information content (AvgIpc) is 2.56. The quantitative estimate of drug-likeness (QED) is 0.694. The molecule has 2 nitrogen and oxygen atoms in total. The third kappa shape index (κ3) is 3.60. The standard InChI is InChI=1S/C19H20N2S/c1-2-3-5-14-18-16-12-8-9-13-17(16)21-19(22-18)20-15-10-6-4-7-11-15/h4,6-14H,2-3,5H2,1H3,(H,20,21)/b18-14+. The minimum Gasteiger partial charge on any atom is -0.334 e. The molecule has 0 aliphatic carbocycles. The molecule has 0 bridgehead atoms. The van der Waals surface area contributed by atoms with E-state index in [1.807, 2.05) is 24.3 Å². The maximum Gasteiger partial charge on any atom is 0.171 e. The van der Waals surface area contributed by atoms with Crippen molar-refractivity contribution < 1.29 is 0 Å². The molecule has 0 spiro atoms. The Morgan fingerprint density at radius 2 is 1.82 bits per heavy atom. The highest BCUT2D eigenvalue weighted by molar-refractivity contribution is 8.22. The first-order valence-corrected chi connectivity index (χ1v) is 8.56. The van der Waals surface area contributed by atoms with Crippen LogP contribution in [0.3, 0.4) is 0 Å². The van der Waals surface area contributed by atoms with E-state index in [2.05, 4.69) is 48.6 Å². The number of anilines is 1. The monoisotopic (exact) mass is 308 g/mol. The summed E-state index contributed by atoms with van der Waals surface area (Å²) in [4.78, 5) is 6.05. The van der Waals surface area contributed by atoms with Crippen molar-refractivity contribution in [2.24, 2.45) is 4.99 Å². The van der Waals surface area contributed by atoms with Gasteiger partial charge >= 0.3 is 0 Å². The molecule has 0 fully saturated rings. The lowest BCUT2D eigenvalue weighted by Gasteiger charge is -2.19. The third-order valence-electron chi connectivity index (χ3n) is 3.51. The van der Waals surface area contributed by atoms with Gasteiger partial charge in [0.15, 0.2) is 5.17 Å². The lowest BCUT2D eigenvalue weighted by molar-refractivity contribution is 0.816. The fourth-order valence-corrected chi connectivity index (χ4v) is 3.36. The molecule has 1 aliphatic heterocycles. The summed E-state index contributed by atoms with van der Waals surface area (Å²) in [5.74, 6) is 0. The summed E-state index contributed by atoms with van der Waals surface area (Å²) in [6.07, 6.45) is 5.91. The molecule has 0 amide bonds. The molecule has 112 valence electrons. The number of nitrogens with zero attached hydrogens (tertiary/aromatic N) is 1. The lowest BCUT2D eigenvalue weighted by Crippen LogP contribution is -2.10. The summed E-state index contributed by atoms with van der Waals surface area (Å²) in [6, 6.07) is 18.6. The van der Waals surface area contributed by atoms with Crippen LogP contribution in [0.15, 0.2) is 65.7 Å². The van der Waals surface area contributed by atoms with E-state index in [0.29, 0.717) is 0 Å².